The number of hydrogen-bond acceptors (Lipinski definition) is 5. The molecular weight excluding hydrogens is 328 g/mol. The van der Waals surface area contributed by atoms with Gasteiger partial charge in [0.05, 0.1) is 13.2 Å². The first-order chi connectivity index (χ1) is 12.8. The van der Waals surface area contributed by atoms with Crippen LogP contribution < -0.4 is 10.2 Å². The van der Waals surface area contributed by atoms with E-state index in [1.807, 2.05) is 12.1 Å². The molecule has 1 aromatic carbocycles. The van der Waals surface area contributed by atoms with Gasteiger partial charge < -0.3 is 15.0 Å². The van der Waals surface area contributed by atoms with Crippen molar-refractivity contribution in [1.82, 2.24) is 15.2 Å². The highest BCUT2D eigenvalue weighted by Crippen LogP contribution is 2.34. The zero-order valence-corrected chi connectivity index (χ0v) is 14.9. The van der Waals surface area contributed by atoms with Crippen LogP contribution in [0.25, 0.3) is 0 Å². The number of fused-ring (bicyclic) bond motifs is 1. The summed E-state index contributed by atoms with van der Waals surface area (Å²) < 4.78 is 5.34. The second-order valence-corrected chi connectivity index (χ2v) is 6.64. The van der Waals surface area contributed by atoms with E-state index in [0.717, 1.165) is 51.5 Å². The Hall–Kier alpha value is -2.44. The average Bonchev–Trinajstić information content (AvgIpc) is 3.13. The number of carbonyl (C=O) groups is 1. The lowest BCUT2D eigenvalue weighted by Gasteiger charge is -2.26. The second-order valence-electron chi connectivity index (χ2n) is 6.64. The summed E-state index contributed by atoms with van der Waals surface area (Å²) in [6.07, 6.45) is 2.74. The molecule has 0 radical (unpaired) electrons. The van der Waals surface area contributed by atoms with Gasteiger partial charge in [0.1, 0.15) is 5.69 Å². The van der Waals surface area contributed by atoms with E-state index < -0.39 is 0 Å². The number of hydrogen-bond donors (Lipinski definition) is 1. The van der Waals surface area contributed by atoms with Crippen molar-refractivity contribution < 1.29 is 9.53 Å². The molecule has 0 unspecified atom stereocenters. The van der Waals surface area contributed by atoms with E-state index in [2.05, 4.69) is 44.4 Å². The lowest BCUT2D eigenvalue weighted by molar-refractivity contribution is 0.0383. The Morgan fingerprint density at radius 1 is 1.15 bits per heavy atom. The van der Waals surface area contributed by atoms with E-state index in [-0.39, 0.29) is 5.91 Å². The molecule has 0 bridgehead atoms. The van der Waals surface area contributed by atoms with Crippen molar-refractivity contribution in [2.45, 2.75) is 6.42 Å². The van der Waals surface area contributed by atoms with E-state index in [9.17, 15) is 4.79 Å². The van der Waals surface area contributed by atoms with Crippen molar-refractivity contribution >= 4 is 17.3 Å². The zero-order valence-electron chi connectivity index (χ0n) is 14.9. The van der Waals surface area contributed by atoms with Crippen LogP contribution >= 0.6 is 0 Å². The summed E-state index contributed by atoms with van der Waals surface area (Å²) in [5, 5.41) is 2.98. The summed E-state index contributed by atoms with van der Waals surface area (Å²) in [6.45, 7) is 5.80. The van der Waals surface area contributed by atoms with Gasteiger partial charge in [0.2, 0.25) is 0 Å². The minimum absolute atomic E-state index is 0.118. The van der Waals surface area contributed by atoms with Crippen molar-refractivity contribution in [1.29, 1.82) is 0 Å². The number of anilines is 2. The highest BCUT2D eigenvalue weighted by Gasteiger charge is 2.21. The Balaban J connectivity index is 1.39. The van der Waals surface area contributed by atoms with Crippen LogP contribution in [0.1, 0.15) is 16.1 Å². The smallest absolute Gasteiger partial charge is 0.269 e. The molecule has 26 heavy (non-hydrogen) atoms. The first kappa shape index (κ1) is 17.0. The number of aromatic nitrogens is 1. The molecule has 3 heterocycles. The highest BCUT2D eigenvalue weighted by atomic mass is 16.5. The van der Waals surface area contributed by atoms with Crippen LogP contribution in [0.5, 0.6) is 0 Å². The molecular formula is C20H24N4O2. The number of benzene rings is 1. The molecule has 0 saturated carbocycles. The first-order valence-corrected chi connectivity index (χ1v) is 9.21. The Bertz CT molecular complexity index is 774. The fourth-order valence-electron chi connectivity index (χ4n) is 3.56. The van der Waals surface area contributed by atoms with Gasteiger partial charge in [0, 0.05) is 50.3 Å². The summed E-state index contributed by atoms with van der Waals surface area (Å²) >= 11 is 0. The van der Waals surface area contributed by atoms with Crippen LogP contribution in [0.3, 0.4) is 0 Å². The maximum Gasteiger partial charge on any atom is 0.269 e. The summed E-state index contributed by atoms with van der Waals surface area (Å²) in [7, 11) is 0. The largest absolute Gasteiger partial charge is 0.379 e. The Kier molecular flexibility index (Phi) is 5.13. The van der Waals surface area contributed by atoms with Crippen LogP contribution in [-0.4, -0.2) is 61.7 Å². The predicted molar refractivity (Wildman–Crippen MR) is 101 cm³/mol. The molecule has 1 N–H and O–H groups in total. The molecule has 1 aromatic heterocycles. The minimum Gasteiger partial charge on any atom is -0.379 e. The number of amides is 1. The van der Waals surface area contributed by atoms with Crippen molar-refractivity contribution in [2.24, 2.45) is 0 Å². The lowest BCUT2D eigenvalue weighted by atomic mass is 10.2. The number of nitrogens with zero attached hydrogens (tertiary/aromatic N) is 3. The molecule has 2 aliphatic rings. The molecule has 6 nitrogen and oxygen atoms in total. The summed E-state index contributed by atoms with van der Waals surface area (Å²) in [5.41, 5.74) is 4.05. The van der Waals surface area contributed by atoms with Gasteiger partial charge in [0.25, 0.3) is 5.91 Å². The number of nitrogens with one attached hydrogen (secondary N) is 1. The molecule has 0 spiro atoms. The van der Waals surface area contributed by atoms with Crippen molar-refractivity contribution in [3.63, 3.8) is 0 Å². The third-order valence-electron chi connectivity index (χ3n) is 4.99. The van der Waals surface area contributed by atoms with E-state index >= 15 is 0 Å². The third kappa shape index (κ3) is 3.71. The van der Waals surface area contributed by atoms with Gasteiger partial charge in [-0.2, -0.15) is 0 Å². The Labute approximate surface area is 153 Å². The van der Waals surface area contributed by atoms with Crippen LogP contribution in [0.2, 0.25) is 0 Å². The van der Waals surface area contributed by atoms with Crippen LogP contribution in [-0.2, 0) is 11.2 Å². The predicted octanol–water partition coefficient (Wildman–Crippen LogP) is 1.84. The number of rotatable bonds is 5. The molecule has 2 aromatic rings. The maximum atomic E-state index is 12.5. The molecule has 1 saturated heterocycles. The third-order valence-corrected chi connectivity index (χ3v) is 4.99. The maximum absolute atomic E-state index is 12.5. The van der Waals surface area contributed by atoms with E-state index in [0.29, 0.717) is 12.2 Å². The molecule has 136 valence electrons. The van der Waals surface area contributed by atoms with E-state index in [1.165, 1.54) is 11.3 Å². The molecule has 1 fully saturated rings. The van der Waals surface area contributed by atoms with Crippen LogP contribution in [0, 0.1) is 0 Å². The highest BCUT2D eigenvalue weighted by molar-refractivity contribution is 5.93. The summed E-state index contributed by atoms with van der Waals surface area (Å²) in [5.74, 6) is -0.118. The van der Waals surface area contributed by atoms with Gasteiger partial charge >= 0.3 is 0 Å². The minimum atomic E-state index is -0.118. The molecule has 2 aliphatic heterocycles. The number of pyridine rings is 1. The van der Waals surface area contributed by atoms with E-state index in [4.69, 9.17) is 4.74 Å². The number of morpholine rings is 1. The fourth-order valence-corrected chi connectivity index (χ4v) is 3.56. The summed E-state index contributed by atoms with van der Waals surface area (Å²) in [4.78, 5) is 21.3. The Morgan fingerprint density at radius 3 is 2.88 bits per heavy atom. The van der Waals surface area contributed by atoms with Crippen molar-refractivity contribution in [3.8, 4) is 0 Å². The van der Waals surface area contributed by atoms with Crippen LogP contribution in [0.15, 0.2) is 42.6 Å². The van der Waals surface area contributed by atoms with Gasteiger partial charge in [-0.05, 0) is 30.2 Å². The monoisotopic (exact) mass is 352 g/mol. The standard InChI is InChI=1S/C20H24N4O2/c25-20(22-8-10-23-11-13-26-14-12-23)18-15-17(5-7-21-18)24-9-6-16-3-1-2-4-19(16)24/h1-5,7,15H,6,8-14H2,(H,22,25). The zero-order chi connectivity index (χ0) is 17.8. The number of carbonyl (C=O) groups excluding carboxylic acids is 1. The molecule has 6 heteroatoms. The summed E-state index contributed by atoms with van der Waals surface area (Å²) in [6, 6.07) is 12.3. The molecule has 1 amide bonds. The topological polar surface area (TPSA) is 57.7 Å². The normalized spacial score (nSPS) is 17.2. The van der Waals surface area contributed by atoms with Gasteiger partial charge in [-0.15, -0.1) is 0 Å². The molecule has 0 aliphatic carbocycles. The van der Waals surface area contributed by atoms with E-state index in [1.54, 1.807) is 6.20 Å². The number of ether oxygens (including phenoxy) is 1. The lowest BCUT2D eigenvalue weighted by Crippen LogP contribution is -2.41. The molecule has 4 rings (SSSR count). The van der Waals surface area contributed by atoms with Crippen molar-refractivity contribution in [2.75, 3.05) is 50.8 Å². The van der Waals surface area contributed by atoms with Crippen molar-refractivity contribution in [3.05, 3.63) is 53.9 Å². The fraction of sp³-hybridized carbons (Fsp3) is 0.400. The van der Waals surface area contributed by atoms with Gasteiger partial charge in [-0.1, -0.05) is 18.2 Å². The second kappa shape index (κ2) is 7.85. The Morgan fingerprint density at radius 2 is 2.00 bits per heavy atom. The molecule has 0 atom stereocenters. The SMILES string of the molecule is O=C(NCCN1CCOCC1)c1cc(N2CCc3ccccc32)ccn1. The van der Waals surface area contributed by atoms with Gasteiger partial charge in [-0.3, -0.25) is 14.7 Å². The van der Waals surface area contributed by atoms with Gasteiger partial charge in [0.15, 0.2) is 0 Å². The average molecular weight is 352 g/mol. The van der Waals surface area contributed by atoms with Gasteiger partial charge in [-0.25, -0.2) is 0 Å². The quantitative estimate of drug-likeness (QED) is 0.890. The number of para-hydroxylation sites is 1. The first-order valence-electron chi connectivity index (χ1n) is 9.21. The van der Waals surface area contributed by atoms with Crippen LogP contribution in [0.4, 0.5) is 11.4 Å².